The molecule has 0 aromatic heterocycles. The minimum atomic E-state index is -3.65. The van der Waals surface area contributed by atoms with Crippen LogP contribution in [0, 0.1) is 0 Å². The molecule has 3 unspecified atom stereocenters. The fraction of sp³-hybridized carbons (Fsp3) is 0.667. The van der Waals surface area contributed by atoms with Gasteiger partial charge in [-0.05, 0) is 18.6 Å². The van der Waals surface area contributed by atoms with Gasteiger partial charge in [0.2, 0.25) is 7.37 Å². The summed E-state index contributed by atoms with van der Waals surface area (Å²) >= 11 is 0. The number of hydrogen-bond acceptors (Lipinski definition) is 5. The van der Waals surface area contributed by atoms with Crippen LogP contribution < -0.4 is 0 Å². The molecule has 0 bridgehead atoms. The van der Waals surface area contributed by atoms with Gasteiger partial charge >= 0.3 is 0 Å². The average molecular weight is 296 g/mol. The second kappa shape index (κ2) is 5.64. The van der Waals surface area contributed by atoms with Crippen molar-refractivity contribution in [1.29, 1.82) is 0 Å². The second-order valence-electron chi connectivity index (χ2n) is 4.86. The molecule has 6 nitrogen and oxygen atoms in total. The van der Waals surface area contributed by atoms with E-state index >= 15 is 0 Å². The highest BCUT2D eigenvalue weighted by atomic mass is 31.2. The Bertz CT molecular complexity index is 419. The van der Waals surface area contributed by atoms with Gasteiger partial charge < -0.3 is 24.7 Å². The van der Waals surface area contributed by atoms with Crippen LogP contribution in [0.5, 0.6) is 0 Å². The van der Waals surface area contributed by atoms with E-state index in [0.29, 0.717) is 0 Å². The average Bonchev–Trinajstić information content (AvgIpc) is 2.39. The van der Waals surface area contributed by atoms with E-state index in [1.54, 1.807) is 7.85 Å². The molecule has 1 saturated heterocycles. The first-order valence-electron chi connectivity index (χ1n) is 5.47. The minimum absolute atomic E-state index is 0.280. The van der Waals surface area contributed by atoms with Gasteiger partial charge in [0, 0.05) is 7.11 Å². The summed E-state index contributed by atoms with van der Waals surface area (Å²) in [6.07, 6.45) is 1.76. The fourth-order valence-electron chi connectivity index (χ4n) is 1.74. The van der Waals surface area contributed by atoms with Crippen molar-refractivity contribution in [2.24, 2.45) is 0 Å². The molecule has 0 saturated carbocycles. The Morgan fingerprint density at radius 2 is 1.94 bits per heavy atom. The van der Waals surface area contributed by atoms with Gasteiger partial charge in [-0.1, -0.05) is 6.30 Å². The molecule has 6 atom stereocenters. The van der Waals surface area contributed by atoms with E-state index in [4.69, 9.17) is 4.74 Å². The molecule has 0 radical (unpaired) electrons. The first-order valence-corrected chi connectivity index (χ1v) is 9.94. The van der Waals surface area contributed by atoms with Crippen LogP contribution in [0.3, 0.4) is 0 Å². The Hall–Kier alpha value is 0.135. The van der Waals surface area contributed by atoms with Crippen molar-refractivity contribution < 1.29 is 29.3 Å². The molecule has 9 heteroatoms. The maximum absolute atomic E-state index is 11.8. The van der Waals surface area contributed by atoms with Gasteiger partial charge in [0.05, 0.1) is 11.9 Å². The molecule has 0 amide bonds. The molecule has 1 rings (SSSR count). The van der Waals surface area contributed by atoms with Crippen molar-refractivity contribution in [2.45, 2.75) is 24.3 Å². The van der Waals surface area contributed by atoms with E-state index in [1.165, 1.54) is 12.7 Å². The second-order valence-corrected chi connectivity index (χ2v) is 10.5. The number of aliphatic hydroxyl groups is 2. The minimum Gasteiger partial charge on any atom is -0.388 e. The van der Waals surface area contributed by atoms with E-state index in [2.05, 4.69) is 6.30 Å². The molecule has 1 fully saturated rings. The van der Waals surface area contributed by atoms with Crippen molar-refractivity contribution in [3.63, 3.8) is 0 Å². The van der Waals surface area contributed by atoms with Gasteiger partial charge in [0.25, 0.3) is 0 Å². The van der Waals surface area contributed by atoms with Crippen molar-refractivity contribution >= 4 is 28.6 Å². The van der Waals surface area contributed by atoms with Crippen LogP contribution in [0.25, 0.3) is 0 Å². The fourth-order valence-corrected chi connectivity index (χ4v) is 6.05. The molecule has 1 aliphatic heterocycles. The third kappa shape index (κ3) is 4.67. The van der Waals surface area contributed by atoms with Crippen molar-refractivity contribution in [1.82, 2.24) is 0 Å². The normalized spacial score (nSPS) is 39.6. The molecule has 0 spiro atoms. The maximum atomic E-state index is 11.8. The van der Waals surface area contributed by atoms with Crippen LogP contribution in [0.4, 0.5) is 0 Å². The Balaban J connectivity index is 2.70. The molecular weight excluding hydrogens is 277 g/mol. The summed E-state index contributed by atoms with van der Waals surface area (Å²) in [7, 11) is -4.65. The molecule has 1 heterocycles. The van der Waals surface area contributed by atoms with Crippen LogP contribution in [0.1, 0.15) is 0 Å². The van der Waals surface area contributed by atoms with E-state index in [1.807, 2.05) is 0 Å². The van der Waals surface area contributed by atoms with Crippen molar-refractivity contribution in [3.05, 3.63) is 11.9 Å². The molecule has 0 aliphatic carbocycles. The highest BCUT2D eigenvalue weighted by Gasteiger charge is 2.38. The summed E-state index contributed by atoms with van der Waals surface area (Å²) in [5.74, 6) is 0.753. The van der Waals surface area contributed by atoms with E-state index in [9.17, 15) is 24.6 Å². The third-order valence-corrected chi connectivity index (χ3v) is 7.25. The van der Waals surface area contributed by atoms with Crippen LogP contribution in [0.2, 0.25) is 0 Å². The summed E-state index contributed by atoms with van der Waals surface area (Å²) in [4.78, 5) is 19.1. The van der Waals surface area contributed by atoms with Crippen molar-refractivity contribution in [2.75, 3.05) is 12.6 Å². The van der Waals surface area contributed by atoms with Gasteiger partial charge in [-0.2, -0.15) is 0 Å². The largest absolute Gasteiger partial charge is 0.388 e. The number of hydrogen-bond donors (Lipinski definition) is 4. The summed E-state index contributed by atoms with van der Waals surface area (Å²) in [5.41, 5.74) is 0. The first-order chi connectivity index (χ1) is 8.02. The Kier molecular flexibility index (Phi) is 5.07. The Labute approximate surface area is 107 Å². The smallest absolute Gasteiger partial charge is 0.228 e. The zero-order valence-corrected chi connectivity index (χ0v) is 12.2. The van der Waals surface area contributed by atoms with Crippen LogP contribution in [-0.2, 0) is 9.30 Å². The molecule has 104 valence electrons. The number of aliphatic hydroxyl groups excluding tert-OH is 2. The van der Waals surface area contributed by atoms with Gasteiger partial charge in [-0.25, -0.2) is 0 Å². The lowest BCUT2D eigenvalue weighted by atomic mass is 9.93. The summed E-state index contributed by atoms with van der Waals surface area (Å²) in [6, 6.07) is -0.531. The quantitative estimate of drug-likeness (QED) is 0.383. The number of rotatable bonds is 4. The van der Waals surface area contributed by atoms with Crippen molar-refractivity contribution in [3.8, 4) is 0 Å². The lowest BCUT2D eigenvalue weighted by Gasteiger charge is -2.15. The predicted molar refractivity (Wildman–Crippen MR) is 75.2 cm³/mol. The summed E-state index contributed by atoms with van der Waals surface area (Å²) < 4.78 is 17.0. The Morgan fingerprint density at radius 1 is 1.39 bits per heavy atom. The molecular formula is C9H19BO6P2. The highest BCUT2D eigenvalue weighted by Crippen LogP contribution is 2.55. The van der Waals surface area contributed by atoms with Gasteiger partial charge in [-0.3, -0.25) is 4.57 Å². The topological polar surface area (TPSA) is 107 Å². The summed E-state index contributed by atoms with van der Waals surface area (Å²) in [5, 5.41) is 19.1. The first kappa shape index (κ1) is 16.2. The SMILES string of the molecule is B[C@@H]1O[C@H](/C=C/P(=O)(O)CP(=C)(C)O)C(O)[C@@H]1O. The lowest BCUT2D eigenvalue weighted by Crippen LogP contribution is -2.31. The summed E-state index contributed by atoms with van der Waals surface area (Å²) in [6.45, 7) is 1.44. The third-order valence-electron chi connectivity index (χ3n) is 2.56. The van der Waals surface area contributed by atoms with Gasteiger partial charge in [-0.15, -0.1) is 0 Å². The zero-order valence-electron chi connectivity index (χ0n) is 10.4. The lowest BCUT2D eigenvalue weighted by molar-refractivity contribution is 0.0413. The monoisotopic (exact) mass is 296 g/mol. The number of ether oxygens (including phenoxy) is 1. The van der Waals surface area contributed by atoms with Crippen LogP contribution >= 0.6 is 14.5 Å². The standard InChI is InChI=1S/C9H19BO6P2/c1-17(2,13)5-18(14,15)4-3-6-7(11)8(12)9(10)16-6/h3-4,6-9,11-13H,1,5,10H2,2H3,(H,14,15)/b4-3+/t6-,7?,8+,9-,17?/m1/s1. The molecule has 0 aromatic rings. The highest BCUT2D eigenvalue weighted by molar-refractivity contribution is 7.81. The molecule has 1 aliphatic rings. The molecule has 0 aromatic carbocycles. The van der Waals surface area contributed by atoms with Gasteiger partial charge in [0.1, 0.15) is 26.2 Å². The van der Waals surface area contributed by atoms with Crippen LogP contribution in [-0.4, -0.2) is 71.0 Å². The van der Waals surface area contributed by atoms with E-state index < -0.39 is 38.8 Å². The molecule has 4 N–H and O–H groups in total. The van der Waals surface area contributed by atoms with E-state index in [0.717, 1.165) is 5.82 Å². The Morgan fingerprint density at radius 3 is 2.33 bits per heavy atom. The zero-order chi connectivity index (χ0) is 14.1. The van der Waals surface area contributed by atoms with E-state index in [-0.39, 0.29) is 5.90 Å². The van der Waals surface area contributed by atoms with Crippen LogP contribution in [0.15, 0.2) is 11.9 Å². The van der Waals surface area contributed by atoms with Gasteiger partial charge in [0.15, 0.2) is 0 Å². The molecule has 18 heavy (non-hydrogen) atoms. The maximum Gasteiger partial charge on any atom is 0.228 e. The predicted octanol–water partition coefficient (Wildman–Crippen LogP) is -1.21.